The van der Waals surface area contributed by atoms with Gasteiger partial charge < -0.3 is 15.1 Å². The second-order valence-corrected chi connectivity index (χ2v) is 11.1. The van der Waals surface area contributed by atoms with Gasteiger partial charge in [-0.2, -0.15) is 11.8 Å². The maximum atomic E-state index is 13.1. The first kappa shape index (κ1) is 23.6. The number of rotatable bonds is 7. The molecule has 2 atom stereocenters. The molecule has 0 spiro atoms. The van der Waals surface area contributed by atoms with Crippen LogP contribution in [-0.4, -0.2) is 91.7 Å². The van der Waals surface area contributed by atoms with E-state index in [1.54, 1.807) is 45.8 Å². The number of nitrogens with one attached hydrogen (secondary N) is 1. The molecule has 0 aliphatic carbocycles. The number of piperazine rings is 1. The standard InChI is InChI=1S/C21H29N3O5S2/c1-30-13-7-18(22-19(25)16-5-3-2-4-6-16)21(27)24-11-9-23(10-12-24)20(26)17-8-14-31(28,29)15-17/h2-6,17-18H,7-15H2,1H3,(H,22,25). The highest BCUT2D eigenvalue weighted by molar-refractivity contribution is 7.98. The fraction of sp³-hybridized carbons (Fsp3) is 0.571. The van der Waals surface area contributed by atoms with Crippen LogP contribution in [0.25, 0.3) is 0 Å². The van der Waals surface area contributed by atoms with Crippen molar-refractivity contribution in [3.05, 3.63) is 35.9 Å². The second-order valence-electron chi connectivity index (χ2n) is 7.92. The Bertz CT molecular complexity index is 899. The van der Waals surface area contributed by atoms with Gasteiger partial charge in [-0.3, -0.25) is 14.4 Å². The van der Waals surface area contributed by atoms with Crippen LogP contribution in [0.4, 0.5) is 0 Å². The smallest absolute Gasteiger partial charge is 0.251 e. The molecule has 0 aromatic heterocycles. The Morgan fingerprint density at radius 1 is 1.10 bits per heavy atom. The average molecular weight is 468 g/mol. The molecule has 10 heteroatoms. The van der Waals surface area contributed by atoms with Crippen molar-refractivity contribution in [2.24, 2.45) is 5.92 Å². The van der Waals surface area contributed by atoms with E-state index in [1.807, 2.05) is 12.3 Å². The van der Waals surface area contributed by atoms with E-state index in [-0.39, 0.29) is 29.2 Å². The molecule has 3 rings (SSSR count). The zero-order valence-electron chi connectivity index (χ0n) is 17.7. The number of carbonyl (C=O) groups excluding carboxylic acids is 3. The highest BCUT2D eigenvalue weighted by atomic mass is 32.2. The summed E-state index contributed by atoms with van der Waals surface area (Å²) in [5.41, 5.74) is 0.506. The Kier molecular flexibility index (Phi) is 7.99. The highest BCUT2D eigenvalue weighted by Crippen LogP contribution is 2.21. The average Bonchev–Trinajstić information content (AvgIpc) is 3.15. The molecule has 1 N–H and O–H groups in total. The van der Waals surface area contributed by atoms with Crippen molar-refractivity contribution >= 4 is 39.3 Å². The van der Waals surface area contributed by atoms with Crippen molar-refractivity contribution in [2.75, 3.05) is 49.7 Å². The van der Waals surface area contributed by atoms with Crippen molar-refractivity contribution in [3.8, 4) is 0 Å². The fourth-order valence-corrected chi connectivity index (χ4v) is 6.14. The molecule has 170 valence electrons. The third-order valence-corrected chi connectivity index (χ3v) is 8.15. The van der Waals surface area contributed by atoms with Crippen molar-refractivity contribution < 1.29 is 22.8 Å². The van der Waals surface area contributed by atoms with Crippen LogP contribution in [0.5, 0.6) is 0 Å². The number of carbonyl (C=O) groups is 3. The summed E-state index contributed by atoms with van der Waals surface area (Å²) in [6, 6.07) is 8.17. The van der Waals surface area contributed by atoms with Crippen LogP contribution in [-0.2, 0) is 19.4 Å². The van der Waals surface area contributed by atoms with E-state index in [2.05, 4.69) is 5.32 Å². The largest absolute Gasteiger partial charge is 0.340 e. The van der Waals surface area contributed by atoms with E-state index in [0.29, 0.717) is 44.6 Å². The molecule has 31 heavy (non-hydrogen) atoms. The monoisotopic (exact) mass is 467 g/mol. The summed E-state index contributed by atoms with van der Waals surface area (Å²) >= 11 is 1.61. The minimum Gasteiger partial charge on any atom is -0.340 e. The van der Waals surface area contributed by atoms with Crippen LogP contribution in [0.15, 0.2) is 30.3 Å². The maximum Gasteiger partial charge on any atom is 0.251 e. The van der Waals surface area contributed by atoms with Gasteiger partial charge in [-0.05, 0) is 37.0 Å². The molecule has 2 aliphatic rings. The van der Waals surface area contributed by atoms with E-state index < -0.39 is 21.8 Å². The Morgan fingerprint density at radius 3 is 2.32 bits per heavy atom. The van der Waals surface area contributed by atoms with Crippen LogP contribution >= 0.6 is 11.8 Å². The summed E-state index contributed by atoms with van der Waals surface area (Å²) in [5, 5.41) is 2.86. The number of hydrogen-bond acceptors (Lipinski definition) is 6. The number of benzene rings is 1. The van der Waals surface area contributed by atoms with Crippen molar-refractivity contribution in [1.29, 1.82) is 0 Å². The van der Waals surface area contributed by atoms with Crippen LogP contribution in [0.1, 0.15) is 23.2 Å². The topological polar surface area (TPSA) is 104 Å². The molecule has 1 aromatic carbocycles. The number of amides is 3. The molecule has 2 heterocycles. The highest BCUT2D eigenvalue weighted by Gasteiger charge is 2.37. The molecule has 3 amide bonds. The number of hydrogen-bond donors (Lipinski definition) is 1. The quantitative estimate of drug-likeness (QED) is 0.631. The lowest BCUT2D eigenvalue weighted by molar-refractivity contribution is -0.142. The van der Waals surface area contributed by atoms with E-state index >= 15 is 0 Å². The van der Waals surface area contributed by atoms with Crippen LogP contribution in [0, 0.1) is 5.92 Å². The zero-order valence-corrected chi connectivity index (χ0v) is 19.3. The van der Waals surface area contributed by atoms with Gasteiger partial charge in [0.2, 0.25) is 11.8 Å². The fourth-order valence-electron chi connectivity index (χ4n) is 3.94. The molecular weight excluding hydrogens is 438 g/mol. The first-order valence-electron chi connectivity index (χ1n) is 10.4. The predicted octanol–water partition coefficient (Wildman–Crippen LogP) is 0.644. The minimum atomic E-state index is -3.11. The van der Waals surface area contributed by atoms with Gasteiger partial charge in [0.1, 0.15) is 6.04 Å². The molecule has 2 aliphatic heterocycles. The number of thioether (sulfide) groups is 1. The Morgan fingerprint density at radius 2 is 1.74 bits per heavy atom. The van der Waals surface area contributed by atoms with Crippen molar-refractivity contribution in [1.82, 2.24) is 15.1 Å². The zero-order chi connectivity index (χ0) is 22.4. The van der Waals surface area contributed by atoms with Gasteiger partial charge >= 0.3 is 0 Å². The van der Waals surface area contributed by atoms with E-state index in [9.17, 15) is 22.8 Å². The molecule has 0 radical (unpaired) electrons. The number of nitrogens with zero attached hydrogens (tertiary/aromatic N) is 2. The van der Waals surface area contributed by atoms with E-state index in [0.717, 1.165) is 5.75 Å². The lowest BCUT2D eigenvalue weighted by Gasteiger charge is -2.37. The summed E-state index contributed by atoms with van der Waals surface area (Å²) in [4.78, 5) is 41.7. The SMILES string of the molecule is CSCCC(NC(=O)c1ccccc1)C(=O)N1CCN(C(=O)C2CCS(=O)(=O)C2)CC1. The molecule has 1 aromatic rings. The van der Waals surface area contributed by atoms with Gasteiger partial charge in [0.15, 0.2) is 9.84 Å². The van der Waals surface area contributed by atoms with Crippen LogP contribution in [0.2, 0.25) is 0 Å². The van der Waals surface area contributed by atoms with Crippen molar-refractivity contribution in [3.63, 3.8) is 0 Å². The van der Waals surface area contributed by atoms with Gasteiger partial charge in [0.25, 0.3) is 5.91 Å². The first-order chi connectivity index (χ1) is 14.8. The molecule has 2 unspecified atom stereocenters. The lowest BCUT2D eigenvalue weighted by Crippen LogP contribution is -2.56. The van der Waals surface area contributed by atoms with Crippen LogP contribution in [0.3, 0.4) is 0 Å². The lowest BCUT2D eigenvalue weighted by atomic mass is 10.1. The Hall–Kier alpha value is -2.07. The van der Waals surface area contributed by atoms with Crippen LogP contribution < -0.4 is 5.32 Å². The van der Waals surface area contributed by atoms with Gasteiger partial charge in [-0.25, -0.2) is 8.42 Å². The molecule has 8 nitrogen and oxygen atoms in total. The van der Waals surface area contributed by atoms with E-state index in [1.165, 1.54) is 0 Å². The molecule has 2 saturated heterocycles. The van der Waals surface area contributed by atoms with E-state index in [4.69, 9.17) is 0 Å². The van der Waals surface area contributed by atoms with Gasteiger partial charge in [0, 0.05) is 31.7 Å². The third kappa shape index (κ3) is 6.22. The normalized spacial score (nSPS) is 21.5. The predicted molar refractivity (Wildman–Crippen MR) is 121 cm³/mol. The van der Waals surface area contributed by atoms with Gasteiger partial charge in [0.05, 0.1) is 17.4 Å². The maximum absolute atomic E-state index is 13.1. The first-order valence-corrected chi connectivity index (χ1v) is 13.6. The number of sulfone groups is 1. The Balaban J connectivity index is 1.57. The van der Waals surface area contributed by atoms with Gasteiger partial charge in [-0.15, -0.1) is 0 Å². The van der Waals surface area contributed by atoms with Gasteiger partial charge in [-0.1, -0.05) is 18.2 Å². The third-order valence-electron chi connectivity index (χ3n) is 5.73. The molecule has 0 bridgehead atoms. The Labute approximate surface area is 187 Å². The minimum absolute atomic E-state index is 0.0695. The molecular formula is C21H29N3O5S2. The molecule has 0 saturated carbocycles. The second kappa shape index (κ2) is 10.5. The van der Waals surface area contributed by atoms with Crippen molar-refractivity contribution in [2.45, 2.75) is 18.9 Å². The molecule has 2 fully saturated rings. The summed E-state index contributed by atoms with van der Waals surface area (Å²) in [5.74, 6) is -0.297. The summed E-state index contributed by atoms with van der Waals surface area (Å²) in [6.45, 7) is 1.51. The summed E-state index contributed by atoms with van der Waals surface area (Å²) in [6.07, 6.45) is 2.86. The summed E-state index contributed by atoms with van der Waals surface area (Å²) < 4.78 is 23.3. The summed E-state index contributed by atoms with van der Waals surface area (Å²) in [7, 11) is -3.11.